The average Bonchev–Trinajstić information content (AvgIpc) is 2.57. The van der Waals surface area contributed by atoms with Gasteiger partial charge in [0.25, 0.3) is 0 Å². The molecule has 0 aliphatic rings. The predicted molar refractivity (Wildman–Crippen MR) is 109 cm³/mol. The summed E-state index contributed by atoms with van der Waals surface area (Å²) in [6.45, 7) is 5.14. The van der Waals surface area contributed by atoms with Gasteiger partial charge in [0, 0.05) is 13.0 Å². The van der Waals surface area contributed by atoms with Crippen molar-refractivity contribution in [2.75, 3.05) is 20.6 Å². The fraction of sp³-hybridized carbons (Fsp3) is 0.409. The van der Waals surface area contributed by atoms with Crippen LogP contribution >= 0.6 is 12.4 Å². The summed E-state index contributed by atoms with van der Waals surface area (Å²) in [5, 5.41) is 0. The van der Waals surface area contributed by atoms with E-state index in [-0.39, 0.29) is 18.3 Å². The van der Waals surface area contributed by atoms with Crippen molar-refractivity contribution in [3.05, 3.63) is 71.8 Å². The van der Waals surface area contributed by atoms with Gasteiger partial charge in [0.05, 0.1) is 5.41 Å². The molecular formula is C22H30ClNO. The lowest BCUT2D eigenvalue weighted by atomic mass is 9.62. The molecule has 0 aromatic heterocycles. The molecule has 1 atom stereocenters. The number of carbonyl (C=O) groups excluding carboxylic acids is 1. The Morgan fingerprint density at radius 1 is 0.960 bits per heavy atom. The van der Waals surface area contributed by atoms with Crippen molar-refractivity contribution < 1.29 is 4.79 Å². The SMILES string of the molecule is CCCC(=O)C(c1ccccc1)(c1ccccc1)C(C)CN(C)C.Cl. The number of halogens is 1. The molecule has 2 nitrogen and oxygen atoms in total. The minimum atomic E-state index is -0.594. The molecule has 0 N–H and O–H groups in total. The van der Waals surface area contributed by atoms with Crippen LogP contribution in [-0.2, 0) is 10.2 Å². The Hall–Kier alpha value is -1.64. The summed E-state index contributed by atoms with van der Waals surface area (Å²) in [5.74, 6) is 0.494. The van der Waals surface area contributed by atoms with Gasteiger partial charge in [-0.25, -0.2) is 0 Å². The lowest BCUT2D eigenvalue weighted by molar-refractivity contribution is -0.125. The number of hydrogen-bond donors (Lipinski definition) is 0. The van der Waals surface area contributed by atoms with Crippen LogP contribution in [-0.4, -0.2) is 31.3 Å². The molecule has 0 heterocycles. The standard InChI is InChI=1S/C22H29NO.ClH/c1-5-12-21(24)22(18(2)17-23(3)4,19-13-8-6-9-14-19)20-15-10-7-11-16-20;/h6-11,13-16,18H,5,12,17H2,1-4H3;1H. The van der Waals surface area contributed by atoms with Crippen molar-refractivity contribution in [2.24, 2.45) is 5.92 Å². The lowest BCUT2D eigenvalue weighted by Gasteiger charge is -2.40. The minimum Gasteiger partial charge on any atom is -0.309 e. The molecule has 136 valence electrons. The first-order chi connectivity index (χ1) is 11.5. The molecule has 2 aromatic carbocycles. The van der Waals surface area contributed by atoms with E-state index >= 15 is 0 Å². The lowest BCUT2D eigenvalue weighted by Crippen LogP contribution is -2.46. The van der Waals surface area contributed by atoms with Gasteiger partial charge in [-0.3, -0.25) is 4.79 Å². The molecule has 1 unspecified atom stereocenters. The van der Waals surface area contributed by atoms with Gasteiger partial charge in [0.2, 0.25) is 0 Å². The van der Waals surface area contributed by atoms with Gasteiger partial charge in [-0.2, -0.15) is 0 Å². The van der Waals surface area contributed by atoms with Gasteiger partial charge < -0.3 is 4.90 Å². The quantitative estimate of drug-likeness (QED) is 0.663. The normalized spacial score (nSPS) is 12.5. The molecule has 0 aliphatic carbocycles. The predicted octanol–water partition coefficient (Wildman–Crippen LogP) is 4.96. The number of carbonyl (C=O) groups is 1. The van der Waals surface area contributed by atoms with E-state index in [9.17, 15) is 4.79 Å². The van der Waals surface area contributed by atoms with E-state index in [1.807, 2.05) is 36.4 Å². The molecule has 0 fully saturated rings. The second-order valence-electron chi connectivity index (χ2n) is 6.88. The van der Waals surface area contributed by atoms with Crippen LogP contribution in [0.4, 0.5) is 0 Å². The molecule has 0 radical (unpaired) electrons. The van der Waals surface area contributed by atoms with Crippen LogP contribution in [0.1, 0.15) is 37.8 Å². The second-order valence-corrected chi connectivity index (χ2v) is 6.88. The average molecular weight is 360 g/mol. The Balaban J connectivity index is 0.00000312. The molecule has 2 aromatic rings. The topological polar surface area (TPSA) is 20.3 Å². The van der Waals surface area contributed by atoms with Gasteiger partial charge in [-0.15, -0.1) is 12.4 Å². The zero-order chi connectivity index (χ0) is 17.6. The van der Waals surface area contributed by atoms with Crippen molar-refractivity contribution in [3.63, 3.8) is 0 Å². The van der Waals surface area contributed by atoms with Crippen LogP contribution < -0.4 is 0 Å². The largest absolute Gasteiger partial charge is 0.309 e. The Labute approximate surface area is 158 Å². The van der Waals surface area contributed by atoms with E-state index in [2.05, 4.69) is 57.1 Å². The Morgan fingerprint density at radius 2 is 1.40 bits per heavy atom. The zero-order valence-electron chi connectivity index (χ0n) is 15.7. The van der Waals surface area contributed by atoms with Crippen molar-refractivity contribution in [2.45, 2.75) is 32.1 Å². The van der Waals surface area contributed by atoms with Crippen LogP contribution in [0.3, 0.4) is 0 Å². The highest BCUT2D eigenvalue weighted by molar-refractivity contribution is 5.94. The van der Waals surface area contributed by atoms with Crippen LogP contribution in [0, 0.1) is 5.92 Å². The maximum atomic E-state index is 13.5. The third-order valence-corrected chi connectivity index (χ3v) is 4.75. The molecule has 3 heteroatoms. The van der Waals surface area contributed by atoms with Crippen molar-refractivity contribution >= 4 is 18.2 Å². The fourth-order valence-corrected chi connectivity index (χ4v) is 3.84. The second kappa shape index (κ2) is 9.74. The summed E-state index contributed by atoms with van der Waals surface area (Å²) in [5.41, 5.74) is 1.61. The van der Waals surface area contributed by atoms with Crippen LogP contribution in [0.15, 0.2) is 60.7 Å². The third-order valence-electron chi connectivity index (χ3n) is 4.75. The summed E-state index contributed by atoms with van der Waals surface area (Å²) in [7, 11) is 4.14. The molecule has 25 heavy (non-hydrogen) atoms. The molecule has 2 rings (SSSR count). The molecule has 0 aliphatic heterocycles. The van der Waals surface area contributed by atoms with Crippen molar-refractivity contribution in [1.82, 2.24) is 4.90 Å². The molecular weight excluding hydrogens is 330 g/mol. The van der Waals surface area contributed by atoms with Crippen LogP contribution in [0.25, 0.3) is 0 Å². The highest BCUT2D eigenvalue weighted by Gasteiger charge is 2.45. The summed E-state index contributed by atoms with van der Waals surface area (Å²) >= 11 is 0. The summed E-state index contributed by atoms with van der Waals surface area (Å²) < 4.78 is 0. The molecule has 0 saturated heterocycles. The van der Waals surface area contributed by atoms with Gasteiger partial charge >= 0.3 is 0 Å². The highest BCUT2D eigenvalue weighted by atomic mass is 35.5. The number of rotatable bonds is 8. The molecule has 0 spiro atoms. The fourth-order valence-electron chi connectivity index (χ4n) is 3.84. The first-order valence-electron chi connectivity index (χ1n) is 8.82. The number of Topliss-reactive ketones (excluding diaryl/α,β-unsaturated/α-hetero) is 1. The van der Waals surface area contributed by atoms with Gasteiger partial charge in [0.15, 0.2) is 0 Å². The molecule has 0 saturated carbocycles. The van der Waals surface area contributed by atoms with E-state index in [1.54, 1.807) is 0 Å². The first-order valence-corrected chi connectivity index (χ1v) is 8.82. The highest BCUT2D eigenvalue weighted by Crippen LogP contribution is 2.41. The third kappa shape index (κ3) is 4.50. The van der Waals surface area contributed by atoms with Gasteiger partial charge in [-0.1, -0.05) is 74.5 Å². The first kappa shape index (κ1) is 21.4. The monoisotopic (exact) mass is 359 g/mol. The van der Waals surface area contributed by atoms with Gasteiger partial charge in [0.1, 0.15) is 5.78 Å². The summed E-state index contributed by atoms with van der Waals surface area (Å²) in [6.07, 6.45) is 1.47. The van der Waals surface area contributed by atoms with E-state index in [4.69, 9.17) is 0 Å². The minimum absolute atomic E-state index is 0. The van der Waals surface area contributed by atoms with E-state index in [0.717, 1.165) is 24.1 Å². The molecule has 0 amide bonds. The van der Waals surface area contributed by atoms with Gasteiger partial charge in [-0.05, 0) is 37.6 Å². The number of nitrogens with zero attached hydrogens (tertiary/aromatic N) is 1. The zero-order valence-corrected chi connectivity index (χ0v) is 16.6. The number of benzene rings is 2. The van der Waals surface area contributed by atoms with E-state index in [1.165, 1.54) is 0 Å². The summed E-state index contributed by atoms with van der Waals surface area (Å²) in [6, 6.07) is 20.6. The van der Waals surface area contributed by atoms with Crippen LogP contribution in [0.5, 0.6) is 0 Å². The molecule has 0 bridgehead atoms. The number of hydrogen-bond acceptors (Lipinski definition) is 2. The maximum absolute atomic E-state index is 13.5. The Kier molecular flexibility index (Phi) is 8.34. The van der Waals surface area contributed by atoms with E-state index < -0.39 is 5.41 Å². The number of ketones is 1. The van der Waals surface area contributed by atoms with Crippen molar-refractivity contribution in [1.29, 1.82) is 0 Å². The van der Waals surface area contributed by atoms with Crippen molar-refractivity contribution in [3.8, 4) is 0 Å². The Bertz CT molecular complexity index is 600. The smallest absolute Gasteiger partial charge is 0.148 e. The van der Waals surface area contributed by atoms with Crippen LogP contribution in [0.2, 0.25) is 0 Å². The van der Waals surface area contributed by atoms with E-state index in [0.29, 0.717) is 12.2 Å². The Morgan fingerprint density at radius 3 is 1.76 bits per heavy atom. The summed E-state index contributed by atoms with van der Waals surface area (Å²) in [4.78, 5) is 15.6. The maximum Gasteiger partial charge on any atom is 0.148 e.